The molecule has 0 spiro atoms. The molecule has 82 valence electrons. The summed E-state index contributed by atoms with van der Waals surface area (Å²) in [7, 11) is 1.98. The first-order chi connectivity index (χ1) is 7.22. The van der Waals surface area contributed by atoms with Crippen LogP contribution in [0.4, 0.5) is 0 Å². The van der Waals surface area contributed by atoms with Crippen LogP contribution in [0.2, 0.25) is 0 Å². The predicted octanol–water partition coefficient (Wildman–Crippen LogP) is 3.46. The molecule has 0 radical (unpaired) electrons. The minimum atomic E-state index is 0.942. The first kappa shape index (κ1) is 12.3. The van der Waals surface area contributed by atoms with Crippen LogP contribution >= 0.6 is 11.8 Å². The molecule has 15 heavy (non-hydrogen) atoms. The van der Waals surface area contributed by atoms with E-state index < -0.39 is 0 Å². The highest BCUT2D eigenvalue weighted by Gasteiger charge is 1.94. The van der Waals surface area contributed by atoms with Crippen LogP contribution in [-0.2, 0) is 6.54 Å². The van der Waals surface area contributed by atoms with Crippen molar-refractivity contribution in [3.05, 3.63) is 41.5 Å². The van der Waals surface area contributed by atoms with Crippen LogP contribution in [0.25, 0.3) is 0 Å². The van der Waals surface area contributed by atoms with Gasteiger partial charge in [-0.1, -0.05) is 23.8 Å². The Morgan fingerprint density at radius 1 is 1.40 bits per heavy atom. The second kappa shape index (κ2) is 6.70. The molecule has 0 aliphatic heterocycles. The molecule has 0 heterocycles. The van der Waals surface area contributed by atoms with E-state index in [9.17, 15) is 0 Å². The van der Waals surface area contributed by atoms with E-state index in [1.807, 2.05) is 18.8 Å². The van der Waals surface area contributed by atoms with Gasteiger partial charge in [-0.25, -0.2) is 0 Å². The predicted molar refractivity (Wildman–Crippen MR) is 69.4 cm³/mol. The summed E-state index contributed by atoms with van der Waals surface area (Å²) in [5, 5.41) is 3.16. The molecule has 1 N–H and O–H groups in total. The zero-order chi connectivity index (χ0) is 11.1. The molecular weight excluding hydrogens is 202 g/mol. The number of hydrogen-bond acceptors (Lipinski definition) is 2. The molecule has 0 saturated carbocycles. The van der Waals surface area contributed by atoms with Crippen LogP contribution in [0, 0.1) is 0 Å². The monoisotopic (exact) mass is 221 g/mol. The van der Waals surface area contributed by atoms with Gasteiger partial charge in [-0.15, -0.1) is 11.8 Å². The quantitative estimate of drug-likeness (QED) is 0.603. The van der Waals surface area contributed by atoms with E-state index in [-0.39, 0.29) is 0 Å². The van der Waals surface area contributed by atoms with E-state index in [2.05, 4.69) is 49.5 Å². The van der Waals surface area contributed by atoms with Gasteiger partial charge in [-0.2, -0.15) is 0 Å². The molecule has 0 aliphatic carbocycles. The zero-order valence-electron chi connectivity index (χ0n) is 9.71. The van der Waals surface area contributed by atoms with Crippen molar-refractivity contribution in [2.75, 3.05) is 12.8 Å². The number of rotatable bonds is 5. The van der Waals surface area contributed by atoms with Crippen LogP contribution in [0.1, 0.15) is 19.4 Å². The summed E-state index contributed by atoms with van der Waals surface area (Å²) < 4.78 is 0. The summed E-state index contributed by atoms with van der Waals surface area (Å²) >= 11 is 1.88. The molecule has 0 amide bonds. The Balaban J connectivity index is 2.53. The van der Waals surface area contributed by atoms with E-state index in [0.717, 1.165) is 12.3 Å². The van der Waals surface area contributed by atoms with Crippen molar-refractivity contribution in [1.82, 2.24) is 5.32 Å². The number of thioether (sulfide) groups is 1. The van der Waals surface area contributed by atoms with Crippen LogP contribution in [0.15, 0.2) is 40.8 Å². The minimum absolute atomic E-state index is 0.942. The first-order valence-corrected chi connectivity index (χ1v) is 6.20. The molecule has 0 atom stereocenters. The maximum atomic E-state index is 3.16. The van der Waals surface area contributed by atoms with E-state index in [0.29, 0.717) is 0 Å². The van der Waals surface area contributed by atoms with E-state index in [1.165, 1.54) is 16.0 Å². The summed E-state index contributed by atoms with van der Waals surface area (Å²) in [6.45, 7) is 5.22. The molecule has 0 bridgehead atoms. The summed E-state index contributed by atoms with van der Waals surface area (Å²) in [4.78, 5) is 1.35. The normalized spacial score (nSPS) is 10.1. The summed E-state index contributed by atoms with van der Waals surface area (Å²) in [5.74, 6) is 1.06. The van der Waals surface area contributed by atoms with Crippen LogP contribution < -0.4 is 5.32 Å². The van der Waals surface area contributed by atoms with Gasteiger partial charge in [0.05, 0.1) is 0 Å². The highest BCUT2D eigenvalue weighted by Crippen LogP contribution is 2.19. The summed E-state index contributed by atoms with van der Waals surface area (Å²) in [5.41, 5.74) is 2.73. The van der Waals surface area contributed by atoms with Gasteiger partial charge in [0.15, 0.2) is 0 Å². The van der Waals surface area contributed by atoms with Crippen LogP contribution in [-0.4, -0.2) is 12.8 Å². The molecule has 2 heteroatoms. The van der Waals surface area contributed by atoms with Gasteiger partial charge in [0, 0.05) is 17.2 Å². The lowest BCUT2D eigenvalue weighted by molar-refractivity contribution is 0.815. The standard InChI is InChI=1S/C13H19NS/c1-11(2)7-8-15-13-6-4-5-12(9-13)10-14-3/h4-7,9,14H,8,10H2,1-3H3. The van der Waals surface area contributed by atoms with Crippen molar-refractivity contribution in [3.63, 3.8) is 0 Å². The molecule has 1 aromatic rings. The van der Waals surface area contributed by atoms with E-state index in [1.54, 1.807) is 0 Å². The van der Waals surface area contributed by atoms with Crippen molar-refractivity contribution in [2.45, 2.75) is 25.3 Å². The van der Waals surface area contributed by atoms with Crippen molar-refractivity contribution >= 4 is 11.8 Å². The fraction of sp³-hybridized carbons (Fsp3) is 0.385. The molecule has 0 aromatic heterocycles. The van der Waals surface area contributed by atoms with E-state index in [4.69, 9.17) is 0 Å². The number of nitrogens with one attached hydrogen (secondary N) is 1. The van der Waals surface area contributed by atoms with Crippen molar-refractivity contribution in [1.29, 1.82) is 0 Å². The smallest absolute Gasteiger partial charge is 0.0202 e. The van der Waals surface area contributed by atoms with Gasteiger partial charge < -0.3 is 5.32 Å². The lowest BCUT2D eigenvalue weighted by Gasteiger charge is -2.03. The number of allylic oxidation sites excluding steroid dienone is 1. The fourth-order valence-electron chi connectivity index (χ4n) is 1.25. The van der Waals surface area contributed by atoms with Gasteiger partial charge in [0.25, 0.3) is 0 Å². The highest BCUT2D eigenvalue weighted by molar-refractivity contribution is 7.99. The Labute approximate surface area is 97.0 Å². The molecule has 1 nitrogen and oxygen atoms in total. The first-order valence-electron chi connectivity index (χ1n) is 5.22. The lowest BCUT2D eigenvalue weighted by atomic mass is 10.2. The zero-order valence-corrected chi connectivity index (χ0v) is 10.5. The Kier molecular flexibility index (Phi) is 5.51. The molecule has 1 rings (SSSR count). The Morgan fingerprint density at radius 3 is 2.87 bits per heavy atom. The highest BCUT2D eigenvalue weighted by atomic mass is 32.2. The average molecular weight is 221 g/mol. The third kappa shape index (κ3) is 5.05. The minimum Gasteiger partial charge on any atom is -0.316 e. The molecule has 0 saturated heterocycles. The molecular formula is C13H19NS. The third-order valence-corrected chi connectivity index (χ3v) is 2.94. The second-order valence-electron chi connectivity index (χ2n) is 3.77. The van der Waals surface area contributed by atoms with Crippen molar-refractivity contribution in [2.24, 2.45) is 0 Å². The molecule has 0 unspecified atom stereocenters. The Morgan fingerprint density at radius 2 is 2.20 bits per heavy atom. The van der Waals surface area contributed by atoms with Crippen LogP contribution in [0.5, 0.6) is 0 Å². The summed E-state index contributed by atoms with van der Waals surface area (Å²) in [6.07, 6.45) is 2.26. The third-order valence-electron chi connectivity index (χ3n) is 2.02. The van der Waals surface area contributed by atoms with Gasteiger partial charge in [-0.3, -0.25) is 0 Å². The van der Waals surface area contributed by atoms with Crippen molar-refractivity contribution in [3.8, 4) is 0 Å². The van der Waals surface area contributed by atoms with Gasteiger partial charge >= 0.3 is 0 Å². The largest absolute Gasteiger partial charge is 0.316 e. The maximum absolute atomic E-state index is 3.16. The summed E-state index contributed by atoms with van der Waals surface area (Å²) in [6, 6.07) is 8.70. The Hall–Kier alpha value is -0.730. The molecule has 0 aliphatic rings. The number of hydrogen-bond donors (Lipinski definition) is 1. The Bertz CT molecular complexity index is 327. The average Bonchev–Trinajstić information content (AvgIpc) is 2.18. The second-order valence-corrected chi connectivity index (χ2v) is 4.86. The van der Waals surface area contributed by atoms with E-state index >= 15 is 0 Å². The molecule has 1 aromatic carbocycles. The van der Waals surface area contributed by atoms with Gasteiger partial charge in [-0.05, 0) is 38.6 Å². The fourth-order valence-corrected chi connectivity index (χ4v) is 2.27. The van der Waals surface area contributed by atoms with Gasteiger partial charge in [0.2, 0.25) is 0 Å². The van der Waals surface area contributed by atoms with Crippen molar-refractivity contribution < 1.29 is 0 Å². The topological polar surface area (TPSA) is 12.0 Å². The molecule has 0 fully saturated rings. The number of benzene rings is 1. The maximum Gasteiger partial charge on any atom is 0.0202 e. The lowest BCUT2D eigenvalue weighted by Crippen LogP contribution is -2.04. The van der Waals surface area contributed by atoms with Gasteiger partial charge in [0.1, 0.15) is 0 Å². The van der Waals surface area contributed by atoms with Crippen LogP contribution in [0.3, 0.4) is 0 Å². The SMILES string of the molecule is CNCc1cccc(SCC=C(C)C)c1.